The van der Waals surface area contributed by atoms with Crippen molar-refractivity contribution in [2.75, 3.05) is 13.7 Å². The topological polar surface area (TPSA) is 84.9 Å². The lowest BCUT2D eigenvalue weighted by Gasteiger charge is -2.44. The van der Waals surface area contributed by atoms with Crippen molar-refractivity contribution in [2.45, 2.75) is 30.2 Å². The van der Waals surface area contributed by atoms with Crippen molar-refractivity contribution in [3.8, 4) is 16.9 Å². The summed E-state index contributed by atoms with van der Waals surface area (Å²) in [5.74, 6) is -0.230. The van der Waals surface area contributed by atoms with Crippen LogP contribution in [0.4, 0.5) is 4.79 Å². The molecule has 3 aromatic carbocycles. The Morgan fingerprint density at radius 2 is 1.52 bits per heavy atom. The van der Waals surface area contributed by atoms with Gasteiger partial charge >= 0.3 is 12.1 Å². The zero-order chi connectivity index (χ0) is 23.0. The summed E-state index contributed by atoms with van der Waals surface area (Å²) in [6.07, 6.45) is 0.119. The van der Waals surface area contributed by atoms with Crippen molar-refractivity contribution in [1.82, 2.24) is 5.32 Å². The van der Waals surface area contributed by atoms with Crippen molar-refractivity contribution in [3.63, 3.8) is 0 Å². The SMILES string of the molecule is COc1ccc(C2(C(=O)O)CC(NC(=O)OCC3c4ccccc4-c4ccccc43)C2)cc1. The number of hydrogen-bond acceptors (Lipinski definition) is 4. The van der Waals surface area contributed by atoms with E-state index in [1.54, 1.807) is 31.4 Å². The molecule has 5 rings (SSSR count). The zero-order valence-corrected chi connectivity index (χ0v) is 18.3. The van der Waals surface area contributed by atoms with Crippen LogP contribution in [-0.4, -0.2) is 36.9 Å². The number of carboxylic acid groups (broad SMARTS) is 1. The number of carbonyl (C=O) groups is 2. The molecule has 0 aromatic heterocycles. The second kappa shape index (κ2) is 8.28. The maximum absolute atomic E-state index is 12.5. The van der Waals surface area contributed by atoms with Crippen LogP contribution in [0.25, 0.3) is 11.1 Å². The van der Waals surface area contributed by atoms with Crippen LogP contribution in [0.1, 0.15) is 35.4 Å². The molecule has 0 unspecified atom stereocenters. The molecular weight excluding hydrogens is 418 g/mol. The van der Waals surface area contributed by atoms with Crippen molar-refractivity contribution in [3.05, 3.63) is 89.5 Å². The first kappa shape index (κ1) is 21.1. The fraction of sp³-hybridized carbons (Fsp3) is 0.259. The summed E-state index contributed by atoms with van der Waals surface area (Å²) in [6.45, 7) is 0.231. The minimum atomic E-state index is -1.01. The highest BCUT2D eigenvalue weighted by molar-refractivity contribution is 5.84. The van der Waals surface area contributed by atoms with E-state index in [1.165, 1.54) is 11.1 Å². The molecule has 3 aromatic rings. The molecule has 0 atom stereocenters. The fourth-order valence-electron chi connectivity index (χ4n) is 5.13. The van der Waals surface area contributed by atoms with Crippen LogP contribution in [0.5, 0.6) is 5.75 Å². The van der Waals surface area contributed by atoms with E-state index < -0.39 is 17.5 Å². The second-order valence-corrected chi connectivity index (χ2v) is 8.69. The molecule has 0 spiro atoms. The first-order chi connectivity index (χ1) is 16.0. The maximum Gasteiger partial charge on any atom is 0.407 e. The lowest BCUT2D eigenvalue weighted by Crippen LogP contribution is -2.57. The van der Waals surface area contributed by atoms with E-state index in [0.29, 0.717) is 24.2 Å². The molecule has 6 heteroatoms. The minimum absolute atomic E-state index is 0.0121. The maximum atomic E-state index is 12.5. The van der Waals surface area contributed by atoms with Crippen LogP contribution in [-0.2, 0) is 14.9 Å². The van der Waals surface area contributed by atoms with Gasteiger partial charge in [-0.15, -0.1) is 0 Å². The molecule has 0 bridgehead atoms. The van der Waals surface area contributed by atoms with E-state index in [1.807, 2.05) is 24.3 Å². The van der Waals surface area contributed by atoms with Gasteiger partial charge in [0, 0.05) is 12.0 Å². The Hall–Kier alpha value is -3.80. The molecule has 0 heterocycles. The molecule has 1 fully saturated rings. The molecule has 6 nitrogen and oxygen atoms in total. The molecule has 0 aliphatic heterocycles. The van der Waals surface area contributed by atoms with E-state index in [-0.39, 0.29) is 18.6 Å². The van der Waals surface area contributed by atoms with E-state index in [9.17, 15) is 14.7 Å². The van der Waals surface area contributed by atoms with Crippen molar-refractivity contribution in [1.29, 1.82) is 0 Å². The number of ether oxygens (including phenoxy) is 2. The highest BCUT2D eigenvalue weighted by atomic mass is 16.5. The van der Waals surface area contributed by atoms with E-state index in [4.69, 9.17) is 9.47 Å². The van der Waals surface area contributed by atoms with Crippen molar-refractivity contribution < 1.29 is 24.2 Å². The molecule has 2 aliphatic rings. The second-order valence-electron chi connectivity index (χ2n) is 8.69. The summed E-state index contributed by atoms with van der Waals surface area (Å²) in [6, 6.07) is 23.2. The molecular formula is C27H25NO5. The highest BCUT2D eigenvalue weighted by Gasteiger charge is 2.52. The van der Waals surface area contributed by atoms with Gasteiger partial charge in [-0.3, -0.25) is 4.79 Å². The lowest BCUT2D eigenvalue weighted by molar-refractivity contribution is -0.148. The van der Waals surface area contributed by atoms with Crippen molar-refractivity contribution in [2.24, 2.45) is 0 Å². The Morgan fingerprint density at radius 3 is 2.06 bits per heavy atom. The Labute approximate surface area is 192 Å². The number of aliphatic carboxylic acids is 1. The first-order valence-corrected chi connectivity index (χ1v) is 11.0. The number of rotatable bonds is 6. The van der Waals surface area contributed by atoms with Gasteiger partial charge in [0.05, 0.1) is 12.5 Å². The third kappa shape index (κ3) is 3.61. The largest absolute Gasteiger partial charge is 0.497 e. The predicted molar refractivity (Wildman–Crippen MR) is 124 cm³/mol. The van der Waals surface area contributed by atoms with Gasteiger partial charge < -0.3 is 19.9 Å². The van der Waals surface area contributed by atoms with Crippen LogP contribution < -0.4 is 10.1 Å². The van der Waals surface area contributed by atoms with Gasteiger partial charge in [-0.1, -0.05) is 60.7 Å². The van der Waals surface area contributed by atoms with Crippen LogP contribution in [0.15, 0.2) is 72.8 Å². The average Bonchev–Trinajstić information content (AvgIpc) is 3.13. The molecule has 0 radical (unpaired) electrons. The molecule has 2 N–H and O–H groups in total. The number of methoxy groups -OCH3 is 1. The predicted octanol–water partition coefficient (Wildman–Crippen LogP) is 4.72. The average molecular weight is 443 g/mol. The zero-order valence-electron chi connectivity index (χ0n) is 18.3. The summed E-state index contributed by atoms with van der Waals surface area (Å²) >= 11 is 0. The number of carbonyl (C=O) groups excluding carboxylic acids is 1. The van der Waals surface area contributed by atoms with Crippen LogP contribution in [0.2, 0.25) is 0 Å². The number of nitrogens with one attached hydrogen (secondary N) is 1. The standard InChI is InChI=1S/C27H25NO5/c1-32-19-12-10-17(11-13-19)27(25(29)30)14-18(15-27)28-26(31)33-16-24-22-8-4-2-6-20(22)21-7-3-5-9-23(21)24/h2-13,18,24H,14-16H2,1H3,(H,28,31)(H,29,30). The third-order valence-corrected chi connectivity index (χ3v) is 6.91. The van der Waals surface area contributed by atoms with Crippen molar-refractivity contribution >= 4 is 12.1 Å². The summed E-state index contributed by atoms with van der Waals surface area (Å²) < 4.78 is 10.8. The normalized spacial score (nSPS) is 20.8. The van der Waals surface area contributed by atoms with Crippen LogP contribution in [0.3, 0.4) is 0 Å². The Morgan fingerprint density at radius 1 is 0.939 bits per heavy atom. The number of carboxylic acids is 1. The lowest BCUT2D eigenvalue weighted by atomic mass is 9.61. The van der Waals surface area contributed by atoms with Crippen LogP contribution >= 0.6 is 0 Å². The van der Waals surface area contributed by atoms with Crippen LogP contribution in [0, 0.1) is 0 Å². The monoisotopic (exact) mass is 443 g/mol. The number of fused-ring (bicyclic) bond motifs is 3. The van der Waals surface area contributed by atoms with Gasteiger partial charge in [0.1, 0.15) is 12.4 Å². The van der Waals surface area contributed by atoms with Gasteiger partial charge in [0.2, 0.25) is 0 Å². The number of alkyl carbamates (subject to hydrolysis) is 1. The van der Waals surface area contributed by atoms with Gasteiger partial charge in [-0.05, 0) is 52.8 Å². The quantitative estimate of drug-likeness (QED) is 0.576. The van der Waals surface area contributed by atoms with E-state index in [2.05, 4.69) is 29.6 Å². The smallest absolute Gasteiger partial charge is 0.407 e. The highest BCUT2D eigenvalue weighted by Crippen LogP contribution is 2.46. The molecule has 1 amide bonds. The van der Waals surface area contributed by atoms with Gasteiger partial charge in [-0.2, -0.15) is 0 Å². The minimum Gasteiger partial charge on any atom is -0.497 e. The summed E-state index contributed by atoms with van der Waals surface area (Å²) in [4.78, 5) is 24.6. The third-order valence-electron chi connectivity index (χ3n) is 6.91. The first-order valence-electron chi connectivity index (χ1n) is 11.0. The molecule has 2 aliphatic carbocycles. The van der Waals surface area contributed by atoms with Gasteiger partial charge in [0.15, 0.2) is 0 Å². The number of benzene rings is 3. The fourth-order valence-corrected chi connectivity index (χ4v) is 5.13. The molecule has 33 heavy (non-hydrogen) atoms. The van der Waals surface area contributed by atoms with Gasteiger partial charge in [0.25, 0.3) is 0 Å². The summed E-state index contributed by atoms with van der Waals surface area (Å²) in [7, 11) is 1.57. The van der Waals surface area contributed by atoms with Gasteiger partial charge in [-0.25, -0.2) is 4.79 Å². The number of hydrogen-bond donors (Lipinski definition) is 2. The van der Waals surface area contributed by atoms with E-state index >= 15 is 0 Å². The summed E-state index contributed by atoms with van der Waals surface area (Å²) in [5, 5.41) is 12.7. The Kier molecular flexibility index (Phi) is 5.29. The Bertz CT molecular complexity index is 1150. The summed E-state index contributed by atoms with van der Waals surface area (Å²) in [5.41, 5.74) is 4.35. The van der Waals surface area contributed by atoms with E-state index in [0.717, 1.165) is 11.1 Å². The Balaban J connectivity index is 1.22. The molecule has 1 saturated carbocycles. The molecule has 168 valence electrons. The molecule has 0 saturated heterocycles. The number of amides is 1.